The van der Waals surface area contributed by atoms with E-state index < -0.39 is 5.54 Å². The van der Waals surface area contributed by atoms with Crippen LogP contribution in [0.15, 0.2) is 18.2 Å². The van der Waals surface area contributed by atoms with E-state index in [-0.39, 0.29) is 17.6 Å². The third kappa shape index (κ3) is 3.62. The van der Waals surface area contributed by atoms with Crippen molar-refractivity contribution in [2.24, 2.45) is 5.41 Å². The van der Waals surface area contributed by atoms with Crippen molar-refractivity contribution in [2.45, 2.75) is 75.5 Å². The van der Waals surface area contributed by atoms with Crippen molar-refractivity contribution in [3.63, 3.8) is 0 Å². The second-order valence-corrected chi connectivity index (χ2v) is 9.87. The Hall–Kier alpha value is -1.66. The Morgan fingerprint density at radius 3 is 2.47 bits per heavy atom. The zero-order valence-corrected chi connectivity index (χ0v) is 19.2. The molecule has 1 atom stereocenters. The molecule has 1 N–H and O–H groups in total. The number of nitrogens with zero attached hydrogens (tertiary/aromatic N) is 1. The van der Waals surface area contributed by atoms with E-state index in [4.69, 9.17) is 21.7 Å². The molecule has 0 radical (unpaired) electrons. The summed E-state index contributed by atoms with van der Waals surface area (Å²) in [6, 6.07) is 6.34. The van der Waals surface area contributed by atoms with Gasteiger partial charge in [-0.05, 0) is 93.3 Å². The maximum atomic E-state index is 12.9. The van der Waals surface area contributed by atoms with Gasteiger partial charge >= 0.3 is 0 Å². The predicted molar refractivity (Wildman–Crippen MR) is 122 cm³/mol. The SMILES string of the molecule is COC1CCC2(CC1)Cc1ccc(OC3CCCC3)cc1C2(C=O)NC(=S)N(C)C. The Labute approximate surface area is 185 Å². The van der Waals surface area contributed by atoms with E-state index in [2.05, 4.69) is 23.5 Å². The first-order valence-corrected chi connectivity index (χ1v) is 11.6. The molecule has 5 nitrogen and oxygen atoms in total. The number of carbonyl (C=O) groups is 1. The summed E-state index contributed by atoms with van der Waals surface area (Å²) < 4.78 is 11.9. The van der Waals surface area contributed by atoms with E-state index in [0.29, 0.717) is 5.11 Å². The number of methoxy groups -OCH3 is 1. The number of thiocarbonyl (C=S) groups is 1. The molecule has 6 heteroatoms. The zero-order chi connectivity index (χ0) is 21.4. The van der Waals surface area contributed by atoms with Crippen LogP contribution in [-0.2, 0) is 21.5 Å². The largest absolute Gasteiger partial charge is 0.490 e. The lowest BCUT2D eigenvalue weighted by atomic mass is 9.62. The average molecular weight is 431 g/mol. The van der Waals surface area contributed by atoms with Crippen LogP contribution in [0.1, 0.15) is 62.5 Å². The Morgan fingerprint density at radius 2 is 1.87 bits per heavy atom. The van der Waals surface area contributed by atoms with E-state index in [9.17, 15) is 4.79 Å². The van der Waals surface area contributed by atoms with Gasteiger partial charge in [0.2, 0.25) is 0 Å². The van der Waals surface area contributed by atoms with Crippen molar-refractivity contribution >= 4 is 23.6 Å². The molecule has 1 aromatic carbocycles. The standard InChI is InChI=1S/C24H34N2O3S/c1-26(2)22(30)25-24(16-27)21-14-20(29-19-6-4-5-7-19)9-8-17(21)15-23(24)12-10-18(28-3)11-13-23/h8-9,14,16,18-19H,4-7,10-13,15H2,1-3H3,(H,25,30). The first-order chi connectivity index (χ1) is 14.4. The minimum absolute atomic E-state index is 0.196. The molecule has 0 saturated heterocycles. The molecule has 0 aliphatic heterocycles. The van der Waals surface area contributed by atoms with Crippen LogP contribution in [0.2, 0.25) is 0 Å². The molecule has 0 bridgehead atoms. The van der Waals surface area contributed by atoms with Crippen LogP contribution in [0.3, 0.4) is 0 Å². The Bertz CT molecular complexity index is 798. The molecule has 30 heavy (non-hydrogen) atoms. The number of aldehydes is 1. The van der Waals surface area contributed by atoms with Gasteiger partial charge < -0.3 is 24.5 Å². The fraction of sp³-hybridized carbons (Fsp3) is 0.667. The molecule has 2 saturated carbocycles. The molecule has 3 aliphatic carbocycles. The van der Waals surface area contributed by atoms with Crippen molar-refractivity contribution in [3.05, 3.63) is 29.3 Å². The summed E-state index contributed by atoms with van der Waals surface area (Å²) in [5.41, 5.74) is 1.23. The maximum absolute atomic E-state index is 12.9. The lowest BCUT2D eigenvalue weighted by molar-refractivity contribution is -0.120. The molecular weight excluding hydrogens is 396 g/mol. The van der Waals surface area contributed by atoms with Crippen molar-refractivity contribution in [1.82, 2.24) is 10.2 Å². The molecule has 1 aromatic rings. The highest BCUT2D eigenvalue weighted by Crippen LogP contribution is 2.57. The molecular formula is C24H34N2O3S. The maximum Gasteiger partial charge on any atom is 0.169 e. The molecule has 0 aromatic heterocycles. The zero-order valence-electron chi connectivity index (χ0n) is 18.4. The lowest BCUT2D eigenvalue weighted by Gasteiger charge is -2.48. The molecule has 164 valence electrons. The van der Waals surface area contributed by atoms with E-state index >= 15 is 0 Å². The van der Waals surface area contributed by atoms with Gasteiger partial charge in [-0.3, -0.25) is 0 Å². The number of hydrogen-bond acceptors (Lipinski definition) is 4. The minimum atomic E-state index is -0.836. The number of ether oxygens (including phenoxy) is 2. The van der Waals surface area contributed by atoms with Gasteiger partial charge in [0.25, 0.3) is 0 Å². The second kappa shape index (κ2) is 8.46. The Kier molecular flexibility index (Phi) is 6.08. The summed E-state index contributed by atoms with van der Waals surface area (Å²) in [6.45, 7) is 0. The minimum Gasteiger partial charge on any atom is -0.490 e. The van der Waals surface area contributed by atoms with Crippen LogP contribution in [0.25, 0.3) is 0 Å². The van der Waals surface area contributed by atoms with Crippen LogP contribution in [0.4, 0.5) is 0 Å². The van der Waals surface area contributed by atoms with Crippen molar-refractivity contribution < 1.29 is 14.3 Å². The monoisotopic (exact) mass is 430 g/mol. The van der Waals surface area contributed by atoms with Crippen LogP contribution in [0.5, 0.6) is 5.75 Å². The average Bonchev–Trinajstić information content (AvgIpc) is 3.34. The highest BCUT2D eigenvalue weighted by atomic mass is 32.1. The summed E-state index contributed by atoms with van der Waals surface area (Å²) in [4.78, 5) is 14.8. The van der Waals surface area contributed by atoms with Crippen LogP contribution in [0, 0.1) is 5.41 Å². The van der Waals surface area contributed by atoms with Crippen molar-refractivity contribution in [1.29, 1.82) is 0 Å². The van der Waals surface area contributed by atoms with E-state index in [1.54, 1.807) is 7.11 Å². The summed E-state index contributed by atoms with van der Waals surface area (Å²) in [7, 11) is 5.61. The van der Waals surface area contributed by atoms with Crippen LogP contribution < -0.4 is 10.1 Å². The third-order valence-electron chi connectivity index (χ3n) is 7.59. The molecule has 3 aliphatic rings. The Morgan fingerprint density at radius 1 is 1.17 bits per heavy atom. The van der Waals surface area contributed by atoms with Crippen molar-refractivity contribution in [2.75, 3.05) is 21.2 Å². The smallest absolute Gasteiger partial charge is 0.169 e. The first-order valence-electron chi connectivity index (χ1n) is 11.2. The number of benzene rings is 1. The molecule has 2 fully saturated rings. The van der Waals surface area contributed by atoms with Crippen molar-refractivity contribution in [3.8, 4) is 5.75 Å². The third-order valence-corrected chi connectivity index (χ3v) is 8.05. The number of rotatable bonds is 5. The molecule has 1 unspecified atom stereocenters. The quantitative estimate of drug-likeness (QED) is 0.564. The van der Waals surface area contributed by atoms with Gasteiger partial charge in [-0.2, -0.15) is 0 Å². The fourth-order valence-corrected chi connectivity index (χ4v) is 5.95. The predicted octanol–water partition coefficient (Wildman–Crippen LogP) is 3.97. The molecule has 0 amide bonds. The van der Waals surface area contributed by atoms with Gasteiger partial charge in [0, 0.05) is 26.6 Å². The number of carbonyl (C=O) groups excluding carboxylic acids is 1. The van der Waals surface area contributed by atoms with Gasteiger partial charge in [0.15, 0.2) is 11.4 Å². The lowest BCUT2D eigenvalue weighted by Crippen LogP contribution is -2.59. The van der Waals surface area contributed by atoms with Gasteiger partial charge in [-0.1, -0.05) is 6.07 Å². The number of fused-ring (bicyclic) bond motifs is 1. The second-order valence-electron chi connectivity index (χ2n) is 9.49. The van der Waals surface area contributed by atoms with Gasteiger partial charge in [-0.15, -0.1) is 0 Å². The van der Waals surface area contributed by atoms with Gasteiger partial charge in [0.05, 0.1) is 12.2 Å². The van der Waals surface area contributed by atoms with Gasteiger partial charge in [0.1, 0.15) is 11.3 Å². The summed E-state index contributed by atoms with van der Waals surface area (Å²) in [5, 5.41) is 4.09. The molecule has 1 spiro atoms. The number of nitrogens with one attached hydrogen (secondary N) is 1. The molecule has 0 heterocycles. The van der Waals surface area contributed by atoms with Crippen LogP contribution in [-0.4, -0.2) is 49.7 Å². The number of hydrogen-bond donors (Lipinski definition) is 1. The summed E-state index contributed by atoms with van der Waals surface area (Å²) in [5.74, 6) is 0.868. The topological polar surface area (TPSA) is 50.8 Å². The fourth-order valence-electron chi connectivity index (χ4n) is 5.79. The molecule has 4 rings (SSSR count). The highest BCUT2D eigenvalue weighted by Gasteiger charge is 2.59. The highest BCUT2D eigenvalue weighted by molar-refractivity contribution is 7.80. The Balaban J connectivity index is 1.73. The normalized spacial score (nSPS) is 30.8. The summed E-state index contributed by atoms with van der Waals surface area (Å²) >= 11 is 5.63. The van der Waals surface area contributed by atoms with E-state index in [0.717, 1.165) is 62.5 Å². The van der Waals surface area contributed by atoms with Crippen LogP contribution >= 0.6 is 12.2 Å². The van der Waals surface area contributed by atoms with E-state index in [1.807, 2.05) is 19.0 Å². The first kappa shape index (κ1) is 21.6. The van der Waals surface area contributed by atoms with Gasteiger partial charge in [-0.25, -0.2) is 0 Å². The summed E-state index contributed by atoms with van der Waals surface area (Å²) in [6.07, 6.45) is 11.0. The van der Waals surface area contributed by atoms with E-state index in [1.165, 1.54) is 18.4 Å².